The Kier molecular flexibility index (Phi) is 9.84. The van der Waals surface area contributed by atoms with E-state index in [1.807, 2.05) is 7.05 Å². The van der Waals surface area contributed by atoms with Gasteiger partial charge in [-0.2, -0.15) is 15.2 Å². The predicted octanol–water partition coefficient (Wildman–Crippen LogP) is 6.35. The van der Waals surface area contributed by atoms with E-state index in [1.54, 1.807) is 11.8 Å². The van der Waals surface area contributed by atoms with Gasteiger partial charge in [-0.25, -0.2) is 13.2 Å². The van der Waals surface area contributed by atoms with Gasteiger partial charge in [-0.1, -0.05) is 43.8 Å². The molecule has 4 atom stereocenters. The quantitative estimate of drug-likeness (QED) is 0.223. The second kappa shape index (κ2) is 14.2. The highest BCUT2D eigenvalue weighted by molar-refractivity contribution is 8.01. The summed E-state index contributed by atoms with van der Waals surface area (Å²) in [5.74, 6) is -3.20. The van der Waals surface area contributed by atoms with Crippen LogP contribution in [0.25, 0.3) is 10.8 Å². The number of nitrogens with zero attached hydrogens (tertiary/aromatic N) is 7. The van der Waals surface area contributed by atoms with E-state index >= 15 is 0 Å². The van der Waals surface area contributed by atoms with Crippen molar-refractivity contribution in [3.05, 3.63) is 65.6 Å². The molecule has 0 bridgehead atoms. The second-order valence-electron chi connectivity index (χ2n) is 14.4. The first kappa shape index (κ1) is 35.4. The number of aryl methyl sites for hydroxylation is 1. The van der Waals surface area contributed by atoms with E-state index < -0.39 is 23.7 Å². The van der Waals surface area contributed by atoms with Gasteiger partial charge in [-0.05, 0) is 49.2 Å². The third kappa shape index (κ3) is 6.97. The molecule has 2 aromatic carbocycles. The number of anilines is 2. The van der Waals surface area contributed by atoms with Gasteiger partial charge < -0.3 is 19.4 Å². The minimum atomic E-state index is -2.50. The van der Waals surface area contributed by atoms with Gasteiger partial charge in [0.05, 0.1) is 36.1 Å². The maximum atomic E-state index is 13.9. The predicted molar refractivity (Wildman–Crippen MR) is 194 cm³/mol. The van der Waals surface area contributed by atoms with Gasteiger partial charge in [-0.3, -0.25) is 9.69 Å². The van der Waals surface area contributed by atoms with Crippen molar-refractivity contribution in [2.24, 2.45) is 11.8 Å². The van der Waals surface area contributed by atoms with E-state index in [0.29, 0.717) is 45.1 Å². The van der Waals surface area contributed by atoms with Crippen LogP contribution in [0, 0.1) is 30.1 Å². The molecular weight excluding hydrogens is 676 g/mol. The second-order valence-corrected chi connectivity index (χ2v) is 15.7. The van der Waals surface area contributed by atoms with Crippen LogP contribution in [-0.2, 0) is 17.8 Å². The van der Waals surface area contributed by atoms with E-state index in [4.69, 9.17) is 14.7 Å². The number of amides is 1. The Morgan fingerprint density at radius 1 is 1.16 bits per heavy atom. The van der Waals surface area contributed by atoms with Crippen LogP contribution in [0.1, 0.15) is 43.0 Å². The van der Waals surface area contributed by atoms with Crippen molar-refractivity contribution in [3.63, 3.8) is 0 Å². The summed E-state index contributed by atoms with van der Waals surface area (Å²) in [5.41, 5.74) is 4.21. The zero-order valence-electron chi connectivity index (χ0n) is 29.3. The number of nitriles is 1. The van der Waals surface area contributed by atoms with E-state index in [9.17, 15) is 23.2 Å². The Balaban J connectivity index is 1.11. The maximum Gasteiger partial charge on any atom is 0.318 e. The number of benzene rings is 2. The fourth-order valence-corrected chi connectivity index (χ4v) is 9.91. The van der Waals surface area contributed by atoms with Crippen molar-refractivity contribution in [2.75, 3.05) is 56.2 Å². The van der Waals surface area contributed by atoms with Crippen molar-refractivity contribution < 1.29 is 22.7 Å². The fourth-order valence-electron chi connectivity index (χ4n) is 8.32. The smallest absolute Gasteiger partial charge is 0.318 e. The summed E-state index contributed by atoms with van der Waals surface area (Å²) in [7, 11) is 2.04. The van der Waals surface area contributed by atoms with Gasteiger partial charge in [0, 0.05) is 67.5 Å². The van der Waals surface area contributed by atoms with Crippen molar-refractivity contribution in [1.82, 2.24) is 19.8 Å². The molecule has 4 aliphatic rings. The van der Waals surface area contributed by atoms with Gasteiger partial charge in [-0.15, -0.1) is 11.8 Å². The van der Waals surface area contributed by atoms with Crippen LogP contribution in [0.4, 0.5) is 24.7 Å². The molecule has 3 aromatic rings. The van der Waals surface area contributed by atoms with Crippen molar-refractivity contribution >= 4 is 39.9 Å². The Morgan fingerprint density at radius 3 is 2.63 bits per heavy atom. The molecular formula is C38H44F3N7O2S. The van der Waals surface area contributed by atoms with Crippen LogP contribution in [-0.4, -0.2) is 94.6 Å². The molecule has 1 aliphatic carbocycles. The van der Waals surface area contributed by atoms with Crippen LogP contribution < -0.4 is 14.5 Å². The molecule has 51 heavy (non-hydrogen) atoms. The molecule has 0 N–H and O–H groups in total. The fraction of sp³-hybridized carbons (Fsp3) is 0.526. The van der Waals surface area contributed by atoms with Crippen LogP contribution in [0.3, 0.4) is 0 Å². The molecule has 3 aliphatic heterocycles. The molecule has 2 saturated heterocycles. The summed E-state index contributed by atoms with van der Waals surface area (Å²) < 4.78 is 47.2. The molecule has 270 valence electrons. The first-order valence-electron chi connectivity index (χ1n) is 17.7. The Hall–Kier alpha value is -4.02. The average Bonchev–Trinajstić information content (AvgIpc) is 3.09. The number of halogens is 3. The molecule has 7 rings (SSSR count). The SMILES string of the molecule is C=C(F)C(=O)N1CCN(c2nc(OCCN(C)C3SC(C4CC(F)(F)C4)[C@@H]3C)nc3c2CCN(c2cccc4cccc(C)c24)C3)C[C@@H]1CC#N. The number of carbonyl (C=O) groups is 1. The van der Waals surface area contributed by atoms with Crippen molar-refractivity contribution in [2.45, 2.75) is 68.7 Å². The normalized spacial score (nSPS) is 24.5. The number of alkyl halides is 2. The van der Waals surface area contributed by atoms with Gasteiger partial charge in [0.15, 0.2) is 5.83 Å². The number of hydrogen-bond donors (Lipinski definition) is 0. The van der Waals surface area contributed by atoms with E-state index in [1.165, 1.54) is 21.2 Å². The first-order valence-corrected chi connectivity index (χ1v) is 18.6. The number of thioether (sulfide) groups is 1. The highest BCUT2D eigenvalue weighted by Gasteiger charge is 2.55. The minimum Gasteiger partial charge on any atom is -0.462 e. The van der Waals surface area contributed by atoms with Gasteiger partial charge in [0.2, 0.25) is 5.92 Å². The Bertz CT molecular complexity index is 1860. The van der Waals surface area contributed by atoms with Crippen molar-refractivity contribution in [3.8, 4) is 12.1 Å². The lowest BCUT2D eigenvalue weighted by Gasteiger charge is -2.53. The lowest BCUT2D eigenvalue weighted by molar-refractivity contribution is -0.131. The largest absolute Gasteiger partial charge is 0.462 e. The molecule has 1 aromatic heterocycles. The topological polar surface area (TPSA) is 88.8 Å². The average molecular weight is 720 g/mol. The van der Waals surface area contributed by atoms with E-state index in [2.05, 4.69) is 77.6 Å². The Labute approximate surface area is 301 Å². The number of ether oxygens (including phenoxy) is 1. The molecule has 3 fully saturated rings. The lowest BCUT2D eigenvalue weighted by Crippen LogP contribution is -2.56. The van der Waals surface area contributed by atoms with E-state index in [0.717, 1.165) is 29.3 Å². The summed E-state index contributed by atoms with van der Waals surface area (Å²) in [6.45, 7) is 10.7. The third-order valence-corrected chi connectivity index (χ3v) is 13.2. The number of hydrogen-bond acceptors (Lipinski definition) is 9. The van der Waals surface area contributed by atoms with Gasteiger partial charge >= 0.3 is 6.01 Å². The number of fused-ring (bicyclic) bond motifs is 2. The molecule has 1 saturated carbocycles. The van der Waals surface area contributed by atoms with Crippen LogP contribution in [0.2, 0.25) is 0 Å². The standard InChI is InChI=1S/C38H44F3N7O2S/c1-23-7-5-8-26-9-6-10-31(32(23)26)46-14-12-29-30(22-46)43-37(44-34(29)47-15-16-48(35(49)25(3)39)28(21-47)11-13-42)50-18-17-45(4)36-24(2)33(51-36)27-19-38(40,41)20-27/h5-10,24,27-28,33,36H,3,11-12,14-22H2,1-2,4H3/t24-,28-,33?,36?/m0/s1. The lowest BCUT2D eigenvalue weighted by atomic mass is 9.75. The van der Waals surface area contributed by atoms with E-state index in [-0.39, 0.29) is 48.4 Å². The molecule has 0 spiro atoms. The molecule has 1 amide bonds. The van der Waals surface area contributed by atoms with Gasteiger partial charge in [0.1, 0.15) is 12.4 Å². The maximum absolute atomic E-state index is 13.9. The molecule has 13 heteroatoms. The molecule has 0 radical (unpaired) electrons. The van der Waals surface area contributed by atoms with Crippen LogP contribution in [0.15, 0.2) is 48.8 Å². The summed E-state index contributed by atoms with van der Waals surface area (Å²) in [6.07, 6.45) is 0.730. The monoisotopic (exact) mass is 719 g/mol. The molecule has 9 nitrogen and oxygen atoms in total. The number of carbonyl (C=O) groups excluding carboxylic acids is 1. The zero-order chi connectivity index (χ0) is 36.0. The summed E-state index contributed by atoms with van der Waals surface area (Å²) in [4.78, 5) is 30.5. The third-order valence-electron chi connectivity index (χ3n) is 11.0. The number of aromatic nitrogens is 2. The van der Waals surface area contributed by atoms with Gasteiger partial charge in [0.25, 0.3) is 5.91 Å². The van der Waals surface area contributed by atoms with Crippen LogP contribution in [0.5, 0.6) is 6.01 Å². The Morgan fingerprint density at radius 2 is 1.92 bits per heavy atom. The highest BCUT2D eigenvalue weighted by Crippen LogP contribution is 2.56. The first-order chi connectivity index (χ1) is 24.4. The summed E-state index contributed by atoms with van der Waals surface area (Å²) in [5, 5.41) is 12.5. The summed E-state index contributed by atoms with van der Waals surface area (Å²) in [6, 6.07) is 14.6. The molecule has 2 unspecified atom stereocenters. The molecule has 4 heterocycles. The summed E-state index contributed by atoms with van der Waals surface area (Å²) >= 11 is 1.78. The number of likely N-dealkylation sites (N-methyl/N-ethyl adjacent to an activating group) is 1. The van der Waals surface area contributed by atoms with Crippen LogP contribution >= 0.6 is 11.8 Å². The number of piperazine rings is 1. The number of rotatable bonds is 10. The minimum absolute atomic E-state index is 0.00214. The van der Waals surface area contributed by atoms with Crippen molar-refractivity contribution in [1.29, 1.82) is 5.26 Å². The highest BCUT2D eigenvalue weighted by atomic mass is 32.2. The zero-order valence-corrected chi connectivity index (χ0v) is 30.1.